The first-order valence-corrected chi connectivity index (χ1v) is 8.34. The molecule has 1 unspecified atom stereocenters. The molecule has 2 heterocycles. The summed E-state index contributed by atoms with van der Waals surface area (Å²) in [5.74, 6) is 0.0298. The quantitative estimate of drug-likeness (QED) is 0.938. The lowest BCUT2D eigenvalue weighted by Gasteiger charge is -2.23. The van der Waals surface area contributed by atoms with Crippen LogP contribution in [0.4, 0.5) is 5.69 Å². The molecule has 1 fully saturated rings. The molecule has 1 atom stereocenters. The largest absolute Gasteiger partial charge is 0.378 e. The molecule has 126 valence electrons. The standard InChI is InChI=1S/C19H24N4O/c1-22(2)17-7-5-14(6-8-17)15-10-16(13-21-12-15)19(24)23-9-3-4-18(23)11-20/h5-8,10,12-13,18H,3-4,9,11,20H2,1-2H3. The predicted octanol–water partition coefficient (Wildman–Crippen LogP) is 2.38. The van der Waals surface area contributed by atoms with E-state index in [1.54, 1.807) is 12.4 Å². The minimum Gasteiger partial charge on any atom is -0.378 e. The van der Waals surface area contributed by atoms with Crippen LogP contribution in [0.1, 0.15) is 23.2 Å². The maximum atomic E-state index is 12.8. The molecule has 1 aliphatic heterocycles. The number of carbonyl (C=O) groups excluding carboxylic acids is 1. The average molecular weight is 324 g/mol. The SMILES string of the molecule is CN(C)c1ccc(-c2cncc(C(=O)N3CCCC3CN)c2)cc1. The number of benzene rings is 1. The second kappa shape index (κ2) is 7.01. The first-order chi connectivity index (χ1) is 11.6. The summed E-state index contributed by atoms with van der Waals surface area (Å²) in [7, 11) is 4.03. The third-order valence-corrected chi connectivity index (χ3v) is 4.61. The van der Waals surface area contributed by atoms with Crippen molar-refractivity contribution < 1.29 is 4.79 Å². The highest BCUT2D eigenvalue weighted by Gasteiger charge is 2.28. The average Bonchev–Trinajstić information content (AvgIpc) is 3.10. The zero-order valence-corrected chi connectivity index (χ0v) is 14.3. The number of anilines is 1. The molecule has 2 N–H and O–H groups in total. The molecule has 1 aromatic carbocycles. The summed E-state index contributed by atoms with van der Waals surface area (Å²) in [4.78, 5) is 21.0. The van der Waals surface area contributed by atoms with Crippen LogP contribution in [0.3, 0.4) is 0 Å². The topological polar surface area (TPSA) is 62.5 Å². The van der Waals surface area contributed by atoms with Gasteiger partial charge in [-0.1, -0.05) is 12.1 Å². The van der Waals surface area contributed by atoms with Gasteiger partial charge in [0, 0.05) is 56.9 Å². The van der Waals surface area contributed by atoms with Gasteiger partial charge in [0.15, 0.2) is 0 Å². The van der Waals surface area contributed by atoms with Crippen LogP contribution in [0.5, 0.6) is 0 Å². The lowest BCUT2D eigenvalue weighted by Crippen LogP contribution is -2.39. The first kappa shape index (κ1) is 16.5. The Kier molecular flexibility index (Phi) is 4.81. The van der Waals surface area contributed by atoms with Gasteiger partial charge in [-0.25, -0.2) is 0 Å². The zero-order chi connectivity index (χ0) is 17.1. The summed E-state index contributed by atoms with van der Waals surface area (Å²) in [6, 6.07) is 10.3. The number of hydrogen-bond donors (Lipinski definition) is 1. The van der Waals surface area contributed by atoms with Crippen molar-refractivity contribution >= 4 is 11.6 Å². The monoisotopic (exact) mass is 324 g/mol. The highest BCUT2D eigenvalue weighted by Crippen LogP contribution is 2.24. The number of aromatic nitrogens is 1. The minimum absolute atomic E-state index is 0.0298. The molecule has 1 aromatic heterocycles. The fourth-order valence-electron chi connectivity index (χ4n) is 3.18. The van der Waals surface area contributed by atoms with Crippen LogP contribution in [0, 0.1) is 0 Å². The Bertz CT molecular complexity index is 712. The van der Waals surface area contributed by atoms with Crippen LogP contribution in [-0.2, 0) is 0 Å². The van der Waals surface area contributed by atoms with Crippen LogP contribution >= 0.6 is 0 Å². The Morgan fingerprint density at radius 1 is 1.25 bits per heavy atom. The van der Waals surface area contributed by atoms with E-state index >= 15 is 0 Å². The van der Waals surface area contributed by atoms with Gasteiger partial charge in [0.05, 0.1) is 5.56 Å². The molecule has 1 saturated heterocycles. The van der Waals surface area contributed by atoms with Crippen molar-refractivity contribution in [1.29, 1.82) is 0 Å². The summed E-state index contributed by atoms with van der Waals surface area (Å²) in [5, 5.41) is 0. The highest BCUT2D eigenvalue weighted by atomic mass is 16.2. The zero-order valence-electron chi connectivity index (χ0n) is 14.3. The molecule has 0 spiro atoms. The first-order valence-electron chi connectivity index (χ1n) is 8.34. The Labute approximate surface area is 143 Å². The van der Waals surface area contributed by atoms with Crippen molar-refractivity contribution in [2.24, 2.45) is 5.73 Å². The van der Waals surface area contributed by atoms with E-state index in [4.69, 9.17) is 5.73 Å². The number of likely N-dealkylation sites (tertiary alicyclic amines) is 1. The maximum Gasteiger partial charge on any atom is 0.255 e. The Morgan fingerprint density at radius 2 is 2.00 bits per heavy atom. The molecule has 2 aromatic rings. The van der Waals surface area contributed by atoms with Crippen molar-refractivity contribution in [2.45, 2.75) is 18.9 Å². The smallest absolute Gasteiger partial charge is 0.255 e. The third-order valence-electron chi connectivity index (χ3n) is 4.61. The van der Waals surface area contributed by atoms with Gasteiger partial charge in [0.1, 0.15) is 0 Å². The van der Waals surface area contributed by atoms with Crippen LogP contribution in [0.25, 0.3) is 11.1 Å². The Morgan fingerprint density at radius 3 is 2.67 bits per heavy atom. The lowest BCUT2D eigenvalue weighted by molar-refractivity contribution is 0.0741. The van der Waals surface area contributed by atoms with Gasteiger partial charge in [-0.2, -0.15) is 0 Å². The van der Waals surface area contributed by atoms with Crippen molar-refractivity contribution in [1.82, 2.24) is 9.88 Å². The lowest BCUT2D eigenvalue weighted by atomic mass is 10.0. The maximum absolute atomic E-state index is 12.8. The van der Waals surface area contributed by atoms with Crippen molar-refractivity contribution in [3.8, 4) is 11.1 Å². The number of nitrogens with zero attached hydrogens (tertiary/aromatic N) is 3. The molecular formula is C19H24N4O. The second-order valence-corrected chi connectivity index (χ2v) is 6.43. The van der Waals surface area contributed by atoms with Gasteiger partial charge in [0.2, 0.25) is 0 Å². The molecular weight excluding hydrogens is 300 g/mol. The third kappa shape index (κ3) is 3.26. The molecule has 24 heavy (non-hydrogen) atoms. The highest BCUT2D eigenvalue weighted by molar-refractivity contribution is 5.95. The summed E-state index contributed by atoms with van der Waals surface area (Å²) in [6.07, 6.45) is 5.45. The van der Waals surface area contributed by atoms with Gasteiger partial charge >= 0.3 is 0 Å². The second-order valence-electron chi connectivity index (χ2n) is 6.43. The van der Waals surface area contributed by atoms with Crippen LogP contribution in [0.15, 0.2) is 42.7 Å². The molecule has 1 aliphatic rings. The summed E-state index contributed by atoms with van der Waals surface area (Å²) < 4.78 is 0. The molecule has 5 nitrogen and oxygen atoms in total. The molecule has 0 radical (unpaired) electrons. The minimum atomic E-state index is 0.0298. The summed E-state index contributed by atoms with van der Waals surface area (Å²) >= 11 is 0. The van der Waals surface area contributed by atoms with Crippen molar-refractivity contribution in [2.75, 3.05) is 32.1 Å². The number of pyridine rings is 1. The van der Waals surface area contributed by atoms with Gasteiger partial charge in [-0.05, 0) is 36.6 Å². The van der Waals surface area contributed by atoms with E-state index < -0.39 is 0 Å². The van der Waals surface area contributed by atoms with Gasteiger partial charge < -0.3 is 15.5 Å². The van der Waals surface area contributed by atoms with E-state index in [0.717, 1.165) is 36.2 Å². The van der Waals surface area contributed by atoms with Crippen molar-refractivity contribution in [3.63, 3.8) is 0 Å². The number of nitrogens with two attached hydrogens (primary N) is 1. The predicted molar refractivity (Wildman–Crippen MR) is 97.1 cm³/mol. The van der Waals surface area contributed by atoms with Crippen LogP contribution in [-0.4, -0.2) is 49.0 Å². The van der Waals surface area contributed by atoms with Gasteiger partial charge in [-0.3, -0.25) is 9.78 Å². The molecule has 1 amide bonds. The number of carbonyl (C=O) groups is 1. The summed E-state index contributed by atoms with van der Waals surface area (Å²) in [5.41, 5.74) is 9.56. The molecule has 0 bridgehead atoms. The molecule has 5 heteroatoms. The van der Waals surface area contributed by atoms with E-state index in [1.165, 1.54) is 0 Å². The summed E-state index contributed by atoms with van der Waals surface area (Å²) in [6.45, 7) is 1.30. The molecule has 0 saturated carbocycles. The Hall–Kier alpha value is -2.40. The molecule has 0 aliphatic carbocycles. The van der Waals surface area contributed by atoms with Gasteiger partial charge in [-0.15, -0.1) is 0 Å². The van der Waals surface area contributed by atoms with E-state index in [2.05, 4.69) is 34.1 Å². The van der Waals surface area contributed by atoms with Crippen LogP contribution in [0.2, 0.25) is 0 Å². The van der Waals surface area contributed by atoms with E-state index in [-0.39, 0.29) is 11.9 Å². The van der Waals surface area contributed by atoms with E-state index in [0.29, 0.717) is 12.1 Å². The van der Waals surface area contributed by atoms with E-state index in [1.807, 2.05) is 25.1 Å². The fraction of sp³-hybridized carbons (Fsp3) is 0.368. The van der Waals surface area contributed by atoms with Crippen molar-refractivity contribution in [3.05, 3.63) is 48.3 Å². The number of hydrogen-bond acceptors (Lipinski definition) is 4. The fourth-order valence-corrected chi connectivity index (χ4v) is 3.18. The molecule has 3 rings (SSSR count). The normalized spacial score (nSPS) is 17.1. The Balaban J connectivity index is 1.85. The number of amides is 1. The van der Waals surface area contributed by atoms with Crippen LogP contribution < -0.4 is 10.6 Å². The van der Waals surface area contributed by atoms with E-state index in [9.17, 15) is 4.79 Å². The van der Waals surface area contributed by atoms with Gasteiger partial charge in [0.25, 0.3) is 5.91 Å². The number of rotatable bonds is 4.